The van der Waals surface area contributed by atoms with Crippen molar-refractivity contribution in [2.45, 2.75) is 32.0 Å². The third kappa shape index (κ3) is 5.08. The second-order valence-electron chi connectivity index (χ2n) is 4.70. The van der Waals surface area contributed by atoms with Gasteiger partial charge < -0.3 is 5.11 Å². The molecule has 114 valence electrons. The Morgan fingerprint density at radius 2 is 2.05 bits per heavy atom. The fourth-order valence-electron chi connectivity index (χ4n) is 1.49. The maximum atomic E-state index is 12.2. The number of alkyl halides is 3. The number of aryl methyl sites for hydroxylation is 1. The molecular weight excluding hydrogens is 287 g/mol. The second-order valence-corrected chi connectivity index (χ2v) is 4.70. The van der Waals surface area contributed by atoms with Crippen LogP contribution in [0.2, 0.25) is 0 Å². The molecule has 1 atom stereocenters. The van der Waals surface area contributed by atoms with Crippen molar-refractivity contribution < 1.29 is 23.2 Å². The van der Waals surface area contributed by atoms with Gasteiger partial charge in [-0.05, 0) is 25.8 Å². The lowest BCUT2D eigenvalue weighted by atomic mass is 10.0. The quantitative estimate of drug-likeness (QED) is 0.516. The number of rotatable bonds is 2. The van der Waals surface area contributed by atoms with Gasteiger partial charge in [-0.25, -0.2) is 0 Å². The van der Waals surface area contributed by atoms with Gasteiger partial charge >= 0.3 is 6.18 Å². The maximum absolute atomic E-state index is 12.2. The molecule has 1 unspecified atom stereocenters. The molecule has 0 spiro atoms. The highest BCUT2D eigenvalue weighted by atomic mass is 19.4. The first-order chi connectivity index (χ1) is 9.66. The summed E-state index contributed by atoms with van der Waals surface area (Å²) in [6.07, 6.45) is -0.226. The summed E-state index contributed by atoms with van der Waals surface area (Å²) < 4.78 is 36.7. The Balaban J connectivity index is 0.000000369. The minimum absolute atomic E-state index is 0.406. The Kier molecular flexibility index (Phi) is 5.33. The van der Waals surface area contributed by atoms with Crippen LogP contribution in [0.25, 0.3) is 0 Å². The minimum Gasteiger partial charge on any atom is -0.379 e. The molecule has 7 heteroatoms. The number of halogens is 3. The van der Waals surface area contributed by atoms with Crippen LogP contribution in [0.3, 0.4) is 0 Å². The van der Waals surface area contributed by atoms with E-state index >= 15 is 0 Å². The van der Waals surface area contributed by atoms with E-state index in [4.69, 9.17) is 11.5 Å². The van der Waals surface area contributed by atoms with Crippen LogP contribution in [0.4, 0.5) is 18.9 Å². The van der Waals surface area contributed by atoms with E-state index in [0.717, 1.165) is 12.1 Å². The lowest BCUT2D eigenvalue weighted by molar-refractivity contribution is -0.387. The van der Waals surface area contributed by atoms with E-state index in [1.807, 2.05) is 0 Å². The summed E-state index contributed by atoms with van der Waals surface area (Å²) >= 11 is 0. The van der Waals surface area contributed by atoms with Crippen LogP contribution in [0.5, 0.6) is 0 Å². The molecule has 1 N–H and O–H groups in total. The van der Waals surface area contributed by atoms with Crippen molar-refractivity contribution in [1.82, 2.24) is 0 Å². The summed E-state index contributed by atoms with van der Waals surface area (Å²) in [5, 5.41) is 19.5. The Bertz CT molecular complexity index is 560. The highest BCUT2D eigenvalue weighted by Gasteiger charge is 2.42. The third-order valence-electron chi connectivity index (χ3n) is 2.80. The molecule has 2 rings (SSSR count). The number of aliphatic hydroxyl groups excluding tert-OH is 1. The highest BCUT2D eigenvalue weighted by molar-refractivity contribution is 5.44. The first-order valence-corrected chi connectivity index (χ1v) is 6.12. The van der Waals surface area contributed by atoms with Crippen LogP contribution in [-0.4, -0.2) is 16.2 Å². The molecule has 21 heavy (non-hydrogen) atoms. The molecule has 0 aliphatic heterocycles. The van der Waals surface area contributed by atoms with Gasteiger partial charge in [-0.1, -0.05) is 11.6 Å². The van der Waals surface area contributed by atoms with Crippen molar-refractivity contribution in [2.24, 2.45) is 5.92 Å². The fourth-order valence-corrected chi connectivity index (χ4v) is 1.49. The van der Waals surface area contributed by atoms with Gasteiger partial charge in [0.05, 0.1) is 10.5 Å². The average molecular weight is 301 g/mol. The molecule has 4 nitrogen and oxygen atoms in total. The Labute approximate surface area is 119 Å². The molecule has 0 bridgehead atoms. The van der Waals surface area contributed by atoms with Gasteiger partial charge in [0.15, 0.2) is 6.10 Å². The summed E-state index contributed by atoms with van der Waals surface area (Å²) in [6.45, 7) is 1.48. The van der Waals surface area contributed by atoms with Crippen LogP contribution in [0.1, 0.15) is 30.1 Å². The van der Waals surface area contributed by atoms with Crippen LogP contribution in [0, 0.1) is 35.3 Å². The number of terminal acetylenes is 1. The number of nitro benzene ring substituents is 1. The zero-order chi connectivity index (χ0) is 16.2. The van der Waals surface area contributed by atoms with E-state index in [0.29, 0.717) is 11.5 Å². The number of nitro groups is 1. The molecule has 0 aromatic heterocycles. The number of hydrogen-bond acceptors (Lipinski definition) is 3. The lowest BCUT2D eigenvalue weighted by Gasteiger charge is -2.15. The van der Waals surface area contributed by atoms with Gasteiger partial charge in [0, 0.05) is 12.0 Å². The SMILES string of the molecule is C#CC1CC1.Cc1ccc([N+](=O)[O-])c(C(O)C(F)(F)F)c1. The van der Waals surface area contributed by atoms with E-state index < -0.39 is 28.5 Å². The van der Waals surface area contributed by atoms with E-state index in [2.05, 4.69) is 5.92 Å². The summed E-state index contributed by atoms with van der Waals surface area (Å²) in [5.74, 6) is 3.30. The van der Waals surface area contributed by atoms with Crippen LogP contribution in [0.15, 0.2) is 18.2 Å². The standard InChI is InChI=1S/C9H8F3NO3.C5H6/c1-5-2-3-7(13(15)16)6(4-5)8(14)9(10,11)12;1-2-5-3-4-5/h2-4,8,14H,1H3;1,5H,3-4H2. The predicted molar refractivity (Wildman–Crippen MR) is 70.4 cm³/mol. The third-order valence-corrected chi connectivity index (χ3v) is 2.80. The molecule has 1 aromatic carbocycles. The zero-order valence-corrected chi connectivity index (χ0v) is 11.2. The largest absolute Gasteiger partial charge is 0.418 e. The number of hydrogen-bond donors (Lipinski definition) is 1. The molecule has 1 aliphatic rings. The Hall–Kier alpha value is -2.07. The van der Waals surface area contributed by atoms with E-state index in [1.165, 1.54) is 25.8 Å². The first kappa shape index (κ1) is 17.0. The molecule has 0 heterocycles. The molecule has 1 aliphatic carbocycles. The topological polar surface area (TPSA) is 63.4 Å². The normalized spacial score (nSPS) is 15.4. The summed E-state index contributed by atoms with van der Waals surface area (Å²) in [4.78, 5) is 9.54. The van der Waals surface area contributed by atoms with Crippen molar-refractivity contribution in [3.05, 3.63) is 39.4 Å². The van der Waals surface area contributed by atoms with E-state index in [-0.39, 0.29) is 0 Å². The van der Waals surface area contributed by atoms with Gasteiger partial charge in [-0.15, -0.1) is 12.3 Å². The van der Waals surface area contributed by atoms with Gasteiger partial charge in [-0.3, -0.25) is 10.1 Å². The summed E-state index contributed by atoms with van der Waals surface area (Å²) in [7, 11) is 0. The Morgan fingerprint density at radius 1 is 1.48 bits per heavy atom. The van der Waals surface area contributed by atoms with E-state index in [1.54, 1.807) is 0 Å². The van der Waals surface area contributed by atoms with Gasteiger partial charge in [0.1, 0.15) is 0 Å². The van der Waals surface area contributed by atoms with Gasteiger partial charge in [0.2, 0.25) is 0 Å². The highest BCUT2D eigenvalue weighted by Crippen LogP contribution is 2.37. The zero-order valence-electron chi connectivity index (χ0n) is 11.2. The maximum Gasteiger partial charge on any atom is 0.418 e. The molecule has 1 saturated carbocycles. The summed E-state index contributed by atoms with van der Waals surface area (Å²) in [5.41, 5.74) is -1.07. The van der Waals surface area contributed by atoms with Crippen molar-refractivity contribution >= 4 is 5.69 Å². The van der Waals surface area contributed by atoms with Crippen molar-refractivity contribution in [1.29, 1.82) is 0 Å². The minimum atomic E-state index is -4.92. The van der Waals surface area contributed by atoms with Crippen molar-refractivity contribution in [3.8, 4) is 12.3 Å². The second kappa shape index (κ2) is 6.59. The lowest BCUT2D eigenvalue weighted by Crippen LogP contribution is -2.21. The molecule has 0 radical (unpaired) electrons. The van der Waals surface area contributed by atoms with Crippen LogP contribution in [-0.2, 0) is 0 Å². The first-order valence-electron chi connectivity index (χ1n) is 6.12. The van der Waals surface area contributed by atoms with E-state index in [9.17, 15) is 23.3 Å². The molecule has 0 saturated heterocycles. The van der Waals surface area contributed by atoms with Crippen LogP contribution < -0.4 is 0 Å². The van der Waals surface area contributed by atoms with Gasteiger partial charge in [-0.2, -0.15) is 13.2 Å². The average Bonchev–Trinajstić information content (AvgIpc) is 3.20. The molecular formula is C14H14F3NO3. The number of benzene rings is 1. The van der Waals surface area contributed by atoms with Crippen LogP contribution >= 0.6 is 0 Å². The van der Waals surface area contributed by atoms with Gasteiger partial charge in [0.25, 0.3) is 5.69 Å². The molecule has 0 amide bonds. The van der Waals surface area contributed by atoms with Crippen molar-refractivity contribution in [3.63, 3.8) is 0 Å². The smallest absolute Gasteiger partial charge is 0.379 e. The molecule has 1 aromatic rings. The predicted octanol–water partition coefficient (Wildman–Crippen LogP) is 3.53. The Morgan fingerprint density at radius 3 is 2.38 bits per heavy atom. The fraction of sp³-hybridized carbons (Fsp3) is 0.429. The number of nitrogens with zero attached hydrogens (tertiary/aromatic N) is 1. The number of aliphatic hydroxyl groups is 1. The molecule has 1 fully saturated rings. The van der Waals surface area contributed by atoms with Crippen molar-refractivity contribution in [2.75, 3.05) is 0 Å². The monoisotopic (exact) mass is 301 g/mol. The summed E-state index contributed by atoms with van der Waals surface area (Å²) in [6, 6.07) is 3.21.